The summed E-state index contributed by atoms with van der Waals surface area (Å²) in [7, 11) is 0. The predicted molar refractivity (Wildman–Crippen MR) is 84.4 cm³/mol. The second kappa shape index (κ2) is 5.35. The van der Waals surface area contributed by atoms with Gasteiger partial charge in [0.1, 0.15) is 17.1 Å². The van der Waals surface area contributed by atoms with Gasteiger partial charge in [-0.15, -0.1) is 11.8 Å². The van der Waals surface area contributed by atoms with E-state index in [1.807, 2.05) is 10.8 Å². The molecule has 1 fully saturated rings. The third-order valence-electron chi connectivity index (χ3n) is 4.76. The third kappa shape index (κ3) is 2.26. The molecule has 0 radical (unpaired) electrons. The molecule has 120 valence electrons. The quantitative estimate of drug-likeness (QED) is 0.603. The molecule has 2 atom stereocenters. The van der Waals surface area contributed by atoms with Crippen molar-refractivity contribution >= 4 is 23.6 Å². The summed E-state index contributed by atoms with van der Waals surface area (Å²) in [4.78, 5) is 25.0. The lowest BCUT2D eigenvalue weighted by Gasteiger charge is -2.47. The molecule has 1 aromatic heterocycles. The molecule has 0 saturated carbocycles. The number of hydrogen-bond acceptors (Lipinski definition) is 4. The van der Waals surface area contributed by atoms with Gasteiger partial charge in [0, 0.05) is 23.0 Å². The van der Waals surface area contributed by atoms with E-state index in [-0.39, 0.29) is 17.0 Å². The Morgan fingerprint density at radius 2 is 2.22 bits per heavy atom. The number of aromatic nitrogens is 1. The number of carboxylic acid groups (broad SMARTS) is 1. The Morgan fingerprint density at radius 3 is 3.00 bits per heavy atom. The van der Waals surface area contributed by atoms with E-state index in [0.717, 1.165) is 18.4 Å². The fourth-order valence-corrected chi connectivity index (χ4v) is 4.86. The van der Waals surface area contributed by atoms with Gasteiger partial charge < -0.3 is 10.8 Å². The van der Waals surface area contributed by atoms with Crippen LogP contribution in [0.2, 0.25) is 0 Å². The molecule has 2 aliphatic heterocycles. The van der Waals surface area contributed by atoms with Crippen molar-refractivity contribution in [2.24, 2.45) is 5.73 Å². The van der Waals surface area contributed by atoms with Gasteiger partial charge in [-0.2, -0.15) is 0 Å². The molecule has 0 bridgehead atoms. The summed E-state index contributed by atoms with van der Waals surface area (Å²) >= 11 is 1.54. The first-order chi connectivity index (χ1) is 11.1. The molecule has 4 rings (SSSR count). The smallest absolute Gasteiger partial charge is 0.352 e. The Hall–Kier alpha value is -1.86. The van der Waals surface area contributed by atoms with E-state index in [1.54, 1.807) is 11.8 Å². The number of carbonyl (C=O) groups excluding carboxylic acids is 1. The molecule has 3 N–H and O–H groups in total. The molecule has 1 saturated heterocycles. The van der Waals surface area contributed by atoms with Crippen molar-refractivity contribution in [3.05, 3.63) is 40.9 Å². The highest BCUT2D eigenvalue weighted by molar-refractivity contribution is 8.00. The standard InChI is InChI=1S/C16H17N3O3S/c17-12-14(20)19-13(16(21)22)11(8-23-15(12)19)7-18-5-4-9-2-1-3-10(9)6-18/h4-6,12,15H,1-3,7-8,17H2/p+1. The summed E-state index contributed by atoms with van der Waals surface area (Å²) < 4.78 is 2.02. The largest absolute Gasteiger partial charge is 0.477 e. The lowest BCUT2D eigenvalue weighted by atomic mass is 10.0. The minimum atomic E-state index is -1.05. The van der Waals surface area contributed by atoms with Crippen LogP contribution in [0, 0.1) is 0 Å². The molecule has 3 heterocycles. The lowest BCUT2D eigenvalue weighted by molar-refractivity contribution is -0.689. The molecule has 23 heavy (non-hydrogen) atoms. The van der Waals surface area contributed by atoms with Crippen molar-refractivity contribution in [2.45, 2.75) is 37.2 Å². The number of pyridine rings is 1. The normalized spacial score (nSPS) is 26.0. The molecule has 1 aliphatic carbocycles. The van der Waals surface area contributed by atoms with Crippen molar-refractivity contribution in [1.29, 1.82) is 0 Å². The van der Waals surface area contributed by atoms with Crippen molar-refractivity contribution in [3.8, 4) is 0 Å². The maximum atomic E-state index is 11.9. The van der Waals surface area contributed by atoms with Gasteiger partial charge in [-0.1, -0.05) is 0 Å². The zero-order valence-corrected chi connectivity index (χ0v) is 13.4. The van der Waals surface area contributed by atoms with E-state index in [2.05, 4.69) is 12.3 Å². The van der Waals surface area contributed by atoms with E-state index >= 15 is 0 Å². The molecular weight excluding hydrogens is 314 g/mol. The molecular formula is C16H18N3O3S+. The van der Waals surface area contributed by atoms with Crippen LogP contribution >= 0.6 is 11.8 Å². The summed E-state index contributed by atoms with van der Waals surface area (Å²) in [5.41, 5.74) is 9.38. The Balaban J connectivity index is 1.66. The third-order valence-corrected chi connectivity index (χ3v) is 6.12. The number of carboxylic acids is 1. The Labute approximate surface area is 138 Å². The molecule has 1 amide bonds. The summed E-state index contributed by atoms with van der Waals surface area (Å²) in [6, 6.07) is 1.54. The highest BCUT2D eigenvalue weighted by Gasteiger charge is 2.52. The van der Waals surface area contributed by atoms with Crippen molar-refractivity contribution in [3.63, 3.8) is 0 Å². The minimum absolute atomic E-state index is 0.119. The second-order valence-corrected chi connectivity index (χ2v) is 7.32. The number of carbonyl (C=O) groups is 2. The van der Waals surface area contributed by atoms with Crippen LogP contribution in [0.1, 0.15) is 17.5 Å². The Bertz CT molecular complexity index is 746. The van der Waals surface area contributed by atoms with Gasteiger partial charge in [0.2, 0.25) is 5.91 Å². The van der Waals surface area contributed by atoms with Gasteiger partial charge in [0.15, 0.2) is 18.9 Å². The van der Waals surface area contributed by atoms with Gasteiger partial charge in [-0.3, -0.25) is 9.69 Å². The van der Waals surface area contributed by atoms with Gasteiger partial charge in [0.25, 0.3) is 0 Å². The topological polar surface area (TPSA) is 87.5 Å². The summed E-state index contributed by atoms with van der Waals surface area (Å²) in [5.74, 6) is -0.753. The van der Waals surface area contributed by atoms with Crippen LogP contribution in [0.4, 0.5) is 0 Å². The van der Waals surface area contributed by atoms with Gasteiger partial charge in [-0.05, 0) is 24.8 Å². The summed E-state index contributed by atoms with van der Waals surface area (Å²) in [5, 5.41) is 9.32. The minimum Gasteiger partial charge on any atom is -0.477 e. The first-order valence-electron chi connectivity index (χ1n) is 7.72. The monoisotopic (exact) mass is 332 g/mol. The number of aryl methyl sites for hydroxylation is 2. The summed E-state index contributed by atoms with van der Waals surface area (Å²) in [6.45, 7) is 0.494. The maximum Gasteiger partial charge on any atom is 0.352 e. The van der Waals surface area contributed by atoms with E-state index in [9.17, 15) is 14.7 Å². The van der Waals surface area contributed by atoms with Gasteiger partial charge in [0.05, 0.1) is 0 Å². The zero-order chi connectivity index (χ0) is 16.1. The lowest BCUT2D eigenvalue weighted by Crippen LogP contribution is -2.68. The highest BCUT2D eigenvalue weighted by atomic mass is 32.2. The molecule has 0 aromatic carbocycles. The average Bonchev–Trinajstić information content (AvgIpc) is 3.01. The number of nitrogens with zero attached hydrogens (tertiary/aromatic N) is 2. The van der Waals surface area contributed by atoms with Gasteiger partial charge >= 0.3 is 5.97 Å². The van der Waals surface area contributed by atoms with Crippen molar-refractivity contribution < 1.29 is 19.3 Å². The van der Waals surface area contributed by atoms with Crippen LogP contribution in [0.3, 0.4) is 0 Å². The molecule has 6 nitrogen and oxygen atoms in total. The van der Waals surface area contributed by atoms with Crippen LogP contribution in [0.15, 0.2) is 29.7 Å². The highest BCUT2D eigenvalue weighted by Crippen LogP contribution is 2.39. The maximum absolute atomic E-state index is 11.9. The SMILES string of the molecule is NC1C(=O)N2C(C(=O)O)=C(C[n+]3ccc4c(c3)CCC4)CSC12. The number of amides is 1. The van der Waals surface area contributed by atoms with Crippen LogP contribution in [-0.4, -0.2) is 39.1 Å². The number of nitrogens with two attached hydrogens (primary N) is 1. The van der Waals surface area contributed by atoms with E-state index in [4.69, 9.17) is 5.73 Å². The van der Waals surface area contributed by atoms with Gasteiger partial charge in [-0.25, -0.2) is 9.36 Å². The molecule has 7 heteroatoms. The number of β-lactam (4-membered cyclic amide) rings is 1. The van der Waals surface area contributed by atoms with Crippen LogP contribution < -0.4 is 10.3 Å². The fraction of sp³-hybridized carbons (Fsp3) is 0.438. The molecule has 2 unspecified atom stereocenters. The van der Waals surface area contributed by atoms with E-state index in [0.29, 0.717) is 12.3 Å². The molecule has 1 aromatic rings. The molecule has 3 aliphatic rings. The first kappa shape index (κ1) is 14.7. The Kier molecular flexibility index (Phi) is 3.42. The second-order valence-electron chi connectivity index (χ2n) is 6.21. The average molecular weight is 332 g/mol. The number of thioether (sulfide) groups is 1. The van der Waals surface area contributed by atoms with E-state index < -0.39 is 12.0 Å². The van der Waals surface area contributed by atoms with E-state index in [1.165, 1.54) is 22.4 Å². The van der Waals surface area contributed by atoms with Crippen LogP contribution in [0.25, 0.3) is 0 Å². The Morgan fingerprint density at radius 1 is 1.43 bits per heavy atom. The number of hydrogen-bond donors (Lipinski definition) is 2. The summed E-state index contributed by atoms with van der Waals surface area (Å²) in [6.07, 6.45) is 7.49. The zero-order valence-electron chi connectivity index (χ0n) is 12.6. The van der Waals surface area contributed by atoms with Crippen molar-refractivity contribution in [2.75, 3.05) is 5.75 Å². The number of rotatable bonds is 3. The van der Waals surface area contributed by atoms with Crippen molar-refractivity contribution in [1.82, 2.24) is 4.90 Å². The number of fused-ring (bicyclic) bond motifs is 2. The van der Waals surface area contributed by atoms with Crippen LogP contribution in [0.5, 0.6) is 0 Å². The first-order valence-corrected chi connectivity index (χ1v) is 8.77. The molecule has 0 spiro atoms. The number of aliphatic carboxylic acids is 1. The fourth-order valence-electron chi connectivity index (χ4n) is 3.58. The van der Waals surface area contributed by atoms with Crippen LogP contribution in [-0.2, 0) is 29.0 Å². The predicted octanol–water partition coefficient (Wildman–Crippen LogP) is 0.0439.